The average Bonchev–Trinajstić information content (AvgIpc) is 2.83. The fourth-order valence-corrected chi connectivity index (χ4v) is 1.49. The largest absolute Gasteiger partial charge is 0.493 e. The standard InChI is InChI=1S/C13H14O3/c14-10-11-4-1-2-6-13(11)16-9-7-12-5-3-8-15-12/h1-6,8,14H,7,9-10H2. The van der Waals surface area contributed by atoms with Crippen LogP contribution in [0.3, 0.4) is 0 Å². The molecule has 0 amide bonds. The Morgan fingerprint density at radius 2 is 2.00 bits per heavy atom. The highest BCUT2D eigenvalue weighted by atomic mass is 16.5. The lowest BCUT2D eigenvalue weighted by Gasteiger charge is -2.08. The molecule has 2 rings (SSSR count). The van der Waals surface area contributed by atoms with Crippen LogP contribution in [0, 0.1) is 0 Å². The summed E-state index contributed by atoms with van der Waals surface area (Å²) in [4.78, 5) is 0. The maximum atomic E-state index is 9.10. The summed E-state index contributed by atoms with van der Waals surface area (Å²) in [5.41, 5.74) is 0.807. The van der Waals surface area contributed by atoms with Crippen molar-refractivity contribution in [1.29, 1.82) is 0 Å². The molecule has 0 aliphatic heterocycles. The molecule has 0 fully saturated rings. The molecule has 16 heavy (non-hydrogen) atoms. The van der Waals surface area contributed by atoms with Gasteiger partial charge in [-0.15, -0.1) is 0 Å². The first kappa shape index (κ1) is 10.8. The first-order chi connectivity index (χ1) is 7.90. The molecule has 2 aromatic rings. The van der Waals surface area contributed by atoms with Gasteiger partial charge in [0.1, 0.15) is 11.5 Å². The molecule has 0 atom stereocenters. The van der Waals surface area contributed by atoms with Crippen LogP contribution in [0.5, 0.6) is 5.75 Å². The van der Waals surface area contributed by atoms with Gasteiger partial charge in [0.2, 0.25) is 0 Å². The van der Waals surface area contributed by atoms with E-state index in [-0.39, 0.29) is 6.61 Å². The summed E-state index contributed by atoms with van der Waals surface area (Å²) in [6, 6.07) is 11.3. The monoisotopic (exact) mass is 218 g/mol. The minimum Gasteiger partial charge on any atom is -0.493 e. The van der Waals surface area contributed by atoms with Gasteiger partial charge in [-0.1, -0.05) is 18.2 Å². The van der Waals surface area contributed by atoms with Gasteiger partial charge in [-0.25, -0.2) is 0 Å². The second-order valence-electron chi connectivity index (χ2n) is 3.44. The predicted octanol–water partition coefficient (Wildman–Crippen LogP) is 2.39. The van der Waals surface area contributed by atoms with E-state index >= 15 is 0 Å². The molecule has 0 saturated heterocycles. The summed E-state index contributed by atoms with van der Waals surface area (Å²) < 4.78 is 10.8. The zero-order valence-corrected chi connectivity index (χ0v) is 8.93. The number of hydrogen-bond donors (Lipinski definition) is 1. The van der Waals surface area contributed by atoms with Crippen molar-refractivity contribution in [2.75, 3.05) is 6.61 Å². The van der Waals surface area contributed by atoms with Crippen molar-refractivity contribution >= 4 is 0 Å². The molecule has 1 heterocycles. The van der Waals surface area contributed by atoms with Gasteiger partial charge in [0.25, 0.3) is 0 Å². The van der Waals surface area contributed by atoms with E-state index in [4.69, 9.17) is 14.3 Å². The fourth-order valence-electron chi connectivity index (χ4n) is 1.49. The Morgan fingerprint density at radius 1 is 1.12 bits per heavy atom. The number of aliphatic hydroxyl groups is 1. The van der Waals surface area contributed by atoms with Crippen LogP contribution in [0.2, 0.25) is 0 Å². The lowest BCUT2D eigenvalue weighted by molar-refractivity contribution is 0.261. The number of furan rings is 1. The lowest BCUT2D eigenvalue weighted by atomic mass is 10.2. The third-order valence-electron chi connectivity index (χ3n) is 2.33. The number of benzene rings is 1. The molecule has 0 spiro atoms. The molecular formula is C13H14O3. The number of ether oxygens (including phenoxy) is 1. The average molecular weight is 218 g/mol. The highest BCUT2D eigenvalue weighted by Crippen LogP contribution is 2.17. The van der Waals surface area contributed by atoms with Gasteiger partial charge in [-0.2, -0.15) is 0 Å². The summed E-state index contributed by atoms with van der Waals surface area (Å²) in [6.07, 6.45) is 2.38. The minimum absolute atomic E-state index is 0.00305. The van der Waals surface area contributed by atoms with E-state index in [0.29, 0.717) is 6.61 Å². The van der Waals surface area contributed by atoms with Crippen molar-refractivity contribution in [3.63, 3.8) is 0 Å². The molecule has 3 heteroatoms. The molecule has 0 saturated carbocycles. The molecule has 0 unspecified atom stereocenters. The van der Waals surface area contributed by atoms with Gasteiger partial charge >= 0.3 is 0 Å². The van der Waals surface area contributed by atoms with Crippen LogP contribution in [-0.2, 0) is 13.0 Å². The van der Waals surface area contributed by atoms with Crippen LogP contribution < -0.4 is 4.74 Å². The Kier molecular flexibility index (Phi) is 3.62. The van der Waals surface area contributed by atoms with Gasteiger partial charge in [-0.3, -0.25) is 0 Å². The van der Waals surface area contributed by atoms with Crippen molar-refractivity contribution in [3.8, 4) is 5.75 Å². The Balaban J connectivity index is 1.89. The number of hydrogen-bond acceptors (Lipinski definition) is 3. The van der Waals surface area contributed by atoms with Crippen LogP contribution in [0.15, 0.2) is 47.1 Å². The molecular weight excluding hydrogens is 204 g/mol. The maximum Gasteiger partial charge on any atom is 0.124 e. The van der Waals surface area contributed by atoms with E-state index in [1.54, 1.807) is 6.26 Å². The van der Waals surface area contributed by atoms with Crippen LogP contribution in [0.4, 0.5) is 0 Å². The van der Waals surface area contributed by atoms with Crippen LogP contribution in [0.1, 0.15) is 11.3 Å². The molecule has 1 aromatic carbocycles. The van der Waals surface area contributed by atoms with Crippen LogP contribution in [0.25, 0.3) is 0 Å². The second kappa shape index (κ2) is 5.37. The molecule has 1 aromatic heterocycles. The fraction of sp³-hybridized carbons (Fsp3) is 0.231. The van der Waals surface area contributed by atoms with E-state index in [9.17, 15) is 0 Å². The molecule has 3 nitrogen and oxygen atoms in total. The quantitative estimate of drug-likeness (QED) is 0.837. The van der Waals surface area contributed by atoms with E-state index in [2.05, 4.69) is 0 Å². The normalized spacial score (nSPS) is 10.3. The highest BCUT2D eigenvalue weighted by molar-refractivity contribution is 5.32. The van der Waals surface area contributed by atoms with E-state index in [1.165, 1.54) is 0 Å². The van der Waals surface area contributed by atoms with Gasteiger partial charge in [0.05, 0.1) is 19.5 Å². The third-order valence-corrected chi connectivity index (χ3v) is 2.33. The smallest absolute Gasteiger partial charge is 0.124 e. The van der Waals surface area contributed by atoms with Gasteiger partial charge in [-0.05, 0) is 18.2 Å². The van der Waals surface area contributed by atoms with Crippen LogP contribution >= 0.6 is 0 Å². The van der Waals surface area contributed by atoms with Crippen molar-refractivity contribution in [2.24, 2.45) is 0 Å². The van der Waals surface area contributed by atoms with E-state index < -0.39 is 0 Å². The van der Waals surface area contributed by atoms with Crippen molar-refractivity contribution in [3.05, 3.63) is 54.0 Å². The second-order valence-corrected chi connectivity index (χ2v) is 3.44. The number of para-hydroxylation sites is 1. The Hall–Kier alpha value is -1.74. The molecule has 0 radical (unpaired) electrons. The van der Waals surface area contributed by atoms with Crippen molar-refractivity contribution < 1.29 is 14.3 Å². The van der Waals surface area contributed by atoms with Crippen molar-refractivity contribution in [1.82, 2.24) is 0 Å². The Labute approximate surface area is 94.3 Å². The van der Waals surface area contributed by atoms with Gasteiger partial charge < -0.3 is 14.3 Å². The van der Waals surface area contributed by atoms with Gasteiger partial charge in [0.15, 0.2) is 0 Å². The Bertz CT molecular complexity index is 421. The zero-order valence-electron chi connectivity index (χ0n) is 8.93. The first-order valence-corrected chi connectivity index (χ1v) is 5.24. The highest BCUT2D eigenvalue weighted by Gasteiger charge is 2.02. The summed E-state index contributed by atoms with van der Waals surface area (Å²) in [7, 11) is 0. The SMILES string of the molecule is OCc1ccccc1OCCc1ccco1. The number of aliphatic hydroxyl groups excluding tert-OH is 1. The van der Waals surface area contributed by atoms with Gasteiger partial charge in [0, 0.05) is 12.0 Å². The third kappa shape index (κ3) is 2.64. The lowest BCUT2D eigenvalue weighted by Crippen LogP contribution is -2.02. The molecule has 1 N–H and O–H groups in total. The molecule has 0 bridgehead atoms. The Morgan fingerprint density at radius 3 is 2.75 bits per heavy atom. The first-order valence-electron chi connectivity index (χ1n) is 5.24. The minimum atomic E-state index is -0.00305. The zero-order chi connectivity index (χ0) is 11.2. The molecule has 0 aliphatic carbocycles. The number of rotatable bonds is 5. The topological polar surface area (TPSA) is 42.6 Å². The maximum absolute atomic E-state index is 9.10. The molecule has 84 valence electrons. The summed E-state index contributed by atoms with van der Waals surface area (Å²) in [5.74, 6) is 1.64. The molecule has 0 aliphatic rings. The summed E-state index contributed by atoms with van der Waals surface area (Å²) in [6.45, 7) is 0.543. The van der Waals surface area contributed by atoms with E-state index in [0.717, 1.165) is 23.5 Å². The van der Waals surface area contributed by atoms with E-state index in [1.807, 2.05) is 36.4 Å². The van der Waals surface area contributed by atoms with Crippen molar-refractivity contribution in [2.45, 2.75) is 13.0 Å². The summed E-state index contributed by atoms with van der Waals surface area (Å²) >= 11 is 0. The van der Waals surface area contributed by atoms with Crippen LogP contribution in [-0.4, -0.2) is 11.7 Å². The summed E-state index contributed by atoms with van der Waals surface area (Å²) in [5, 5.41) is 9.10. The predicted molar refractivity (Wildman–Crippen MR) is 60.3 cm³/mol.